The Kier molecular flexibility index (Phi) is 6.08. The summed E-state index contributed by atoms with van der Waals surface area (Å²) in [6.07, 6.45) is 2.09. The van der Waals surface area contributed by atoms with E-state index in [0.717, 1.165) is 35.8 Å². The van der Waals surface area contributed by atoms with Gasteiger partial charge in [-0.3, -0.25) is 4.79 Å². The van der Waals surface area contributed by atoms with Gasteiger partial charge in [0.15, 0.2) is 11.6 Å². The Morgan fingerprint density at radius 3 is 2.32 bits per heavy atom. The number of amides is 1. The molecule has 0 spiro atoms. The quantitative estimate of drug-likeness (QED) is 0.608. The SMILES string of the molecule is CN(CC(=O)Nc1nc2ccccc2nc1N1CCCC1)S(=O)(=O)c1ccc(Cl)cc1. The number of benzene rings is 2. The number of nitrogens with one attached hydrogen (secondary N) is 1. The average Bonchev–Trinajstić information content (AvgIpc) is 3.28. The maximum atomic E-state index is 12.7. The van der Waals surface area contributed by atoms with E-state index in [1.165, 1.54) is 31.3 Å². The minimum atomic E-state index is -3.84. The van der Waals surface area contributed by atoms with Crippen LogP contribution in [0.15, 0.2) is 53.4 Å². The number of fused-ring (bicyclic) bond motifs is 1. The van der Waals surface area contributed by atoms with Gasteiger partial charge in [0.1, 0.15) is 0 Å². The highest BCUT2D eigenvalue weighted by Gasteiger charge is 2.25. The molecule has 0 saturated carbocycles. The zero-order valence-electron chi connectivity index (χ0n) is 17.0. The topological polar surface area (TPSA) is 95.5 Å². The van der Waals surface area contributed by atoms with Gasteiger partial charge in [0.25, 0.3) is 0 Å². The van der Waals surface area contributed by atoms with Crippen molar-refractivity contribution in [2.75, 3.05) is 36.9 Å². The number of hydrogen-bond donors (Lipinski definition) is 1. The van der Waals surface area contributed by atoms with E-state index in [9.17, 15) is 13.2 Å². The molecule has 31 heavy (non-hydrogen) atoms. The van der Waals surface area contributed by atoms with Crippen LogP contribution < -0.4 is 10.2 Å². The minimum Gasteiger partial charge on any atom is -0.354 e. The molecule has 0 radical (unpaired) electrons. The molecular formula is C21H22ClN5O3S. The molecule has 8 nitrogen and oxygen atoms in total. The summed E-state index contributed by atoms with van der Waals surface area (Å²) in [7, 11) is -2.48. The van der Waals surface area contributed by atoms with Crippen LogP contribution in [0, 0.1) is 0 Å². The van der Waals surface area contributed by atoms with Gasteiger partial charge in [-0.05, 0) is 49.2 Å². The monoisotopic (exact) mass is 459 g/mol. The van der Waals surface area contributed by atoms with E-state index in [1.807, 2.05) is 24.3 Å². The second-order valence-electron chi connectivity index (χ2n) is 7.34. The van der Waals surface area contributed by atoms with Crippen molar-refractivity contribution in [3.05, 3.63) is 53.6 Å². The molecule has 0 bridgehead atoms. The van der Waals surface area contributed by atoms with Crippen LogP contribution in [0.5, 0.6) is 0 Å². The molecule has 2 aromatic carbocycles. The number of rotatable bonds is 6. The van der Waals surface area contributed by atoms with Gasteiger partial charge in [-0.15, -0.1) is 0 Å². The molecule has 3 aromatic rings. The number of carbonyl (C=O) groups is 1. The fourth-order valence-corrected chi connectivity index (χ4v) is 4.72. The van der Waals surface area contributed by atoms with Crippen molar-refractivity contribution in [2.24, 2.45) is 0 Å². The third-order valence-electron chi connectivity index (χ3n) is 5.10. The van der Waals surface area contributed by atoms with Gasteiger partial charge in [-0.1, -0.05) is 23.7 Å². The molecule has 162 valence electrons. The molecule has 1 aliphatic rings. The van der Waals surface area contributed by atoms with Crippen molar-refractivity contribution in [1.29, 1.82) is 0 Å². The van der Waals surface area contributed by atoms with E-state index in [-0.39, 0.29) is 11.4 Å². The van der Waals surface area contributed by atoms with E-state index < -0.39 is 15.9 Å². The zero-order chi connectivity index (χ0) is 22.0. The molecule has 0 unspecified atom stereocenters. The number of sulfonamides is 1. The summed E-state index contributed by atoms with van der Waals surface area (Å²) in [6.45, 7) is 1.31. The third-order valence-corrected chi connectivity index (χ3v) is 7.17. The van der Waals surface area contributed by atoms with Crippen molar-refractivity contribution in [3.63, 3.8) is 0 Å². The summed E-state index contributed by atoms with van der Waals surface area (Å²) in [4.78, 5) is 24.2. The number of hydrogen-bond acceptors (Lipinski definition) is 6. The molecule has 10 heteroatoms. The van der Waals surface area contributed by atoms with Crippen LogP contribution in [-0.4, -0.2) is 55.3 Å². The highest BCUT2D eigenvalue weighted by Crippen LogP contribution is 2.28. The maximum Gasteiger partial charge on any atom is 0.243 e. The molecule has 0 aliphatic carbocycles. The molecule has 1 fully saturated rings. The molecule has 0 atom stereocenters. The summed E-state index contributed by atoms with van der Waals surface area (Å²) in [5.74, 6) is 0.445. The molecule has 1 aliphatic heterocycles. The van der Waals surface area contributed by atoms with Crippen LogP contribution in [0.1, 0.15) is 12.8 Å². The van der Waals surface area contributed by atoms with E-state index in [1.54, 1.807) is 0 Å². The van der Waals surface area contributed by atoms with Crippen LogP contribution in [-0.2, 0) is 14.8 Å². The van der Waals surface area contributed by atoms with E-state index in [4.69, 9.17) is 16.6 Å². The summed E-state index contributed by atoms with van der Waals surface area (Å²) in [6, 6.07) is 13.2. The van der Waals surface area contributed by atoms with Gasteiger partial charge in [0.2, 0.25) is 15.9 Å². The van der Waals surface area contributed by atoms with Gasteiger partial charge < -0.3 is 10.2 Å². The maximum absolute atomic E-state index is 12.7. The van der Waals surface area contributed by atoms with Crippen molar-refractivity contribution >= 4 is 50.2 Å². The molecule has 1 saturated heterocycles. The van der Waals surface area contributed by atoms with Crippen molar-refractivity contribution in [3.8, 4) is 0 Å². The second-order valence-corrected chi connectivity index (χ2v) is 9.82. The highest BCUT2D eigenvalue weighted by molar-refractivity contribution is 7.89. The Balaban J connectivity index is 1.56. The lowest BCUT2D eigenvalue weighted by Gasteiger charge is -2.21. The molecule has 1 N–H and O–H groups in total. The van der Waals surface area contributed by atoms with Crippen molar-refractivity contribution in [1.82, 2.24) is 14.3 Å². The molecule has 4 rings (SSSR count). The highest BCUT2D eigenvalue weighted by atomic mass is 35.5. The first-order chi connectivity index (χ1) is 14.8. The molecule has 1 amide bonds. The Labute approximate surface area is 185 Å². The number of nitrogens with zero attached hydrogens (tertiary/aromatic N) is 4. The minimum absolute atomic E-state index is 0.0652. The van der Waals surface area contributed by atoms with E-state index >= 15 is 0 Å². The Hall–Kier alpha value is -2.75. The predicted octanol–water partition coefficient (Wildman–Crippen LogP) is 3.14. The average molecular weight is 460 g/mol. The van der Waals surface area contributed by atoms with Gasteiger partial charge in [-0.25, -0.2) is 18.4 Å². The number of carbonyl (C=O) groups excluding carboxylic acids is 1. The smallest absolute Gasteiger partial charge is 0.243 e. The number of para-hydroxylation sites is 2. The zero-order valence-corrected chi connectivity index (χ0v) is 18.5. The first-order valence-corrected chi connectivity index (χ1v) is 11.7. The Morgan fingerprint density at radius 2 is 1.68 bits per heavy atom. The van der Waals surface area contributed by atoms with Crippen LogP contribution in [0.4, 0.5) is 11.6 Å². The molecule has 2 heterocycles. The van der Waals surface area contributed by atoms with Gasteiger partial charge in [0, 0.05) is 25.2 Å². The second kappa shape index (κ2) is 8.78. The summed E-state index contributed by atoms with van der Waals surface area (Å²) < 4.78 is 26.5. The Bertz CT molecular complexity index is 1210. The summed E-state index contributed by atoms with van der Waals surface area (Å²) >= 11 is 5.84. The van der Waals surface area contributed by atoms with E-state index in [0.29, 0.717) is 22.2 Å². The summed E-state index contributed by atoms with van der Waals surface area (Å²) in [5.41, 5.74) is 1.40. The largest absolute Gasteiger partial charge is 0.354 e. The van der Waals surface area contributed by atoms with Gasteiger partial charge >= 0.3 is 0 Å². The number of anilines is 2. The normalized spacial score (nSPS) is 14.4. The lowest BCUT2D eigenvalue weighted by Crippen LogP contribution is -2.35. The number of likely N-dealkylation sites (N-methyl/N-ethyl adjacent to an activating group) is 1. The third kappa shape index (κ3) is 4.63. The lowest BCUT2D eigenvalue weighted by molar-refractivity contribution is -0.116. The lowest BCUT2D eigenvalue weighted by atomic mass is 10.3. The van der Waals surface area contributed by atoms with E-state index in [2.05, 4.69) is 15.2 Å². The first-order valence-electron chi connectivity index (χ1n) is 9.88. The fraction of sp³-hybridized carbons (Fsp3) is 0.286. The standard InChI is InChI=1S/C21H22ClN5O3S/c1-26(31(29,30)16-10-8-15(22)9-11-16)14-19(28)25-20-21(27-12-4-5-13-27)24-18-7-3-2-6-17(18)23-20/h2-3,6-11H,4-5,12-14H2,1H3,(H,23,25,28). The first kappa shape index (κ1) is 21.5. The van der Waals surface area contributed by atoms with Crippen LogP contribution >= 0.6 is 11.6 Å². The van der Waals surface area contributed by atoms with Crippen LogP contribution in [0.3, 0.4) is 0 Å². The van der Waals surface area contributed by atoms with Crippen molar-refractivity contribution < 1.29 is 13.2 Å². The van der Waals surface area contributed by atoms with Crippen molar-refractivity contribution in [2.45, 2.75) is 17.7 Å². The number of halogens is 1. The summed E-state index contributed by atoms with van der Waals surface area (Å²) in [5, 5.41) is 3.20. The van der Waals surface area contributed by atoms with Crippen LogP contribution in [0.2, 0.25) is 5.02 Å². The van der Waals surface area contributed by atoms with Crippen LogP contribution in [0.25, 0.3) is 11.0 Å². The fourth-order valence-electron chi connectivity index (χ4n) is 3.47. The van der Waals surface area contributed by atoms with Gasteiger partial charge in [0.05, 0.1) is 22.5 Å². The molecule has 1 aromatic heterocycles. The molecular weight excluding hydrogens is 438 g/mol. The van der Waals surface area contributed by atoms with Gasteiger partial charge in [-0.2, -0.15) is 4.31 Å². The number of aromatic nitrogens is 2. The Morgan fingerprint density at radius 1 is 1.06 bits per heavy atom. The predicted molar refractivity (Wildman–Crippen MR) is 121 cm³/mol.